The molecule has 30 heavy (non-hydrogen) atoms. The summed E-state index contributed by atoms with van der Waals surface area (Å²) in [5.74, 6) is -0.0906. The predicted octanol–water partition coefficient (Wildman–Crippen LogP) is 2.30. The second kappa shape index (κ2) is 8.72. The quantitative estimate of drug-likeness (QED) is 0.466. The number of nitrogens with zero attached hydrogens (tertiary/aromatic N) is 1. The molecule has 4 rings (SSSR count). The Balaban J connectivity index is 1.63. The molecular weight excluding hydrogens is 437 g/mol. The van der Waals surface area contributed by atoms with Crippen LogP contribution in [0.1, 0.15) is 22.1 Å². The summed E-state index contributed by atoms with van der Waals surface area (Å²) in [4.78, 5) is 5.18. The van der Waals surface area contributed by atoms with Gasteiger partial charge in [-0.15, -0.1) is 11.3 Å². The summed E-state index contributed by atoms with van der Waals surface area (Å²) in [6.07, 6.45) is -3.54. The molecule has 5 atom stereocenters. The Morgan fingerprint density at radius 2 is 1.97 bits per heavy atom. The third-order valence-corrected chi connectivity index (χ3v) is 6.38. The molecular formula is C20H19ClFNO6S. The van der Waals surface area contributed by atoms with E-state index in [4.69, 9.17) is 20.8 Å². The van der Waals surface area contributed by atoms with Crippen LogP contribution < -0.4 is 0 Å². The number of furan rings is 1. The molecule has 10 heteroatoms. The maximum Gasteiger partial charge on any atom is 0.162 e. The number of thiazole rings is 1. The maximum absolute atomic E-state index is 14.7. The Bertz CT molecular complexity index is 1010. The van der Waals surface area contributed by atoms with Crippen molar-refractivity contribution in [2.24, 2.45) is 0 Å². The zero-order valence-electron chi connectivity index (χ0n) is 15.5. The minimum absolute atomic E-state index is 0.0259. The van der Waals surface area contributed by atoms with Gasteiger partial charge in [-0.05, 0) is 29.8 Å². The summed E-state index contributed by atoms with van der Waals surface area (Å²) in [7, 11) is 0. The second-order valence-electron chi connectivity index (χ2n) is 7.00. The number of aromatic nitrogens is 1. The lowest BCUT2D eigenvalue weighted by Gasteiger charge is -2.40. The lowest BCUT2D eigenvalue weighted by atomic mass is 9.90. The first kappa shape index (κ1) is 21.4. The number of aliphatic hydroxyl groups excluding tert-OH is 4. The molecule has 7 nitrogen and oxygen atoms in total. The molecule has 2 aromatic heterocycles. The van der Waals surface area contributed by atoms with Crippen LogP contribution in [-0.2, 0) is 11.2 Å². The lowest BCUT2D eigenvalue weighted by molar-refractivity contribution is -0.232. The van der Waals surface area contributed by atoms with Gasteiger partial charge in [0.15, 0.2) is 10.8 Å². The van der Waals surface area contributed by atoms with Crippen molar-refractivity contribution < 1.29 is 34.0 Å². The first-order valence-corrected chi connectivity index (χ1v) is 10.4. The number of benzene rings is 1. The van der Waals surface area contributed by atoms with Crippen LogP contribution in [0.5, 0.6) is 0 Å². The van der Waals surface area contributed by atoms with Crippen LogP contribution in [0.4, 0.5) is 4.39 Å². The van der Waals surface area contributed by atoms with E-state index in [-0.39, 0.29) is 10.6 Å². The summed E-state index contributed by atoms with van der Waals surface area (Å²) in [6, 6.07) is 6.13. The fraction of sp³-hybridized carbons (Fsp3) is 0.350. The van der Waals surface area contributed by atoms with Crippen LogP contribution >= 0.6 is 22.9 Å². The molecule has 0 radical (unpaired) electrons. The van der Waals surface area contributed by atoms with Gasteiger partial charge < -0.3 is 29.6 Å². The van der Waals surface area contributed by atoms with Crippen molar-refractivity contribution in [3.8, 4) is 10.8 Å². The average molecular weight is 456 g/mol. The summed E-state index contributed by atoms with van der Waals surface area (Å²) < 4.78 is 25.5. The van der Waals surface area contributed by atoms with E-state index in [0.29, 0.717) is 22.8 Å². The Morgan fingerprint density at radius 1 is 1.17 bits per heavy atom. The zero-order chi connectivity index (χ0) is 21.4. The largest absolute Gasteiger partial charge is 0.462 e. The Labute approximate surface area is 180 Å². The molecule has 1 aliphatic rings. The summed E-state index contributed by atoms with van der Waals surface area (Å²) >= 11 is 7.63. The van der Waals surface area contributed by atoms with E-state index >= 15 is 0 Å². The molecule has 1 saturated heterocycles. The average Bonchev–Trinajstić information content (AvgIpc) is 3.41. The van der Waals surface area contributed by atoms with Gasteiger partial charge in [-0.3, -0.25) is 0 Å². The topological polar surface area (TPSA) is 116 Å². The molecule has 4 N–H and O–H groups in total. The van der Waals surface area contributed by atoms with Gasteiger partial charge in [0, 0.05) is 28.1 Å². The molecule has 0 spiro atoms. The standard InChI is InChI=1S/C20H19ClFNO6S/c21-12-6-13(22)11(19-18(27)17(26)16(25)15(8-24)29-19)5-9(12)4-10-7-23-20(30-10)14-2-1-3-28-14/h1-3,5-7,15-19,24-27H,4,8H2/t15-,16-,17+,18-,19+/m1/s1. The minimum Gasteiger partial charge on any atom is -0.462 e. The van der Waals surface area contributed by atoms with Gasteiger partial charge in [0.25, 0.3) is 0 Å². The molecule has 160 valence electrons. The van der Waals surface area contributed by atoms with Crippen molar-refractivity contribution in [3.63, 3.8) is 0 Å². The highest BCUT2D eigenvalue weighted by Crippen LogP contribution is 2.36. The summed E-state index contributed by atoms with van der Waals surface area (Å²) in [5.41, 5.74) is 0.543. The number of aliphatic hydroxyl groups is 4. The third-order valence-electron chi connectivity index (χ3n) is 5.01. The van der Waals surface area contributed by atoms with Crippen LogP contribution in [0, 0.1) is 5.82 Å². The highest BCUT2D eigenvalue weighted by atomic mass is 35.5. The molecule has 3 aromatic rings. The van der Waals surface area contributed by atoms with Crippen molar-refractivity contribution in [1.29, 1.82) is 0 Å². The fourth-order valence-electron chi connectivity index (χ4n) is 3.42. The monoisotopic (exact) mass is 455 g/mol. The third kappa shape index (κ3) is 4.02. The SMILES string of the molecule is OC[C@H]1O[C@@H](c2cc(Cc3cnc(-c4ccco4)s3)c(Cl)cc2F)[C@H](O)[C@@H](O)[C@@H]1O. The van der Waals surface area contributed by atoms with E-state index in [1.54, 1.807) is 24.6 Å². The van der Waals surface area contributed by atoms with Gasteiger partial charge in [0.2, 0.25) is 0 Å². The van der Waals surface area contributed by atoms with E-state index in [1.165, 1.54) is 17.4 Å². The number of hydrogen-bond donors (Lipinski definition) is 4. The van der Waals surface area contributed by atoms with Gasteiger partial charge in [0.05, 0.1) is 12.9 Å². The normalized spacial score (nSPS) is 26.8. The zero-order valence-corrected chi connectivity index (χ0v) is 17.1. The lowest BCUT2D eigenvalue weighted by Crippen LogP contribution is -2.55. The summed E-state index contributed by atoms with van der Waals surface area (Å²) in [5, 5.41) is 40.5. The first-order chi connectivity index (χ1) is 14.4. The first-order valence-electron chi connectivity index (χ1n) is 9.16. The maximum atomic E-state index is 14.7. The number of ether oxygens (including phenoxy) is 1. The van der Waals surface area contributed by atoms with E-state index in [1.807, 2.05) is 0 Å². The Morgan fingerprint density at radius 3 is 2.67 bits per heavy atom. The second-order valence-corrected chi connectivity index (χ2v) is 8.52. The molecule has 1 fully saturated rings. The number of hydrogen-bond acceptors (Lipinski definition) is 8. The number of halogens is 2. The van der Waals surface area contributed by atoms with Gasteiger partial charge in [-0.25, -0.2) is 9.37 Å². The van der Waals surface area contributed by atoms with Gasteiger partial charge in [-0.1, -0.05) is 11.6 Å². The highest BCUT2D eigenvalue weighted by molar-refractivity contribution is 7.15. The van der Waals surface area contributed by atoms with E-state index in [2.05, 4.69) is 4.98 Å². The van der Waals surface area contributed by atoms with Crippen molar-refractivity contribution in [1.82, 2.24) is 4.98 Å². The Hall–Kier alpha value is -1.85. The summed E-state index contributed by atoms with van der Waals surface area (Å²) in [6.45, 7) is -0.597. The van der Waals surface area contributed by atoms with Gasteiger partial charge in [0.1, 0.15) is 36.3 Å². The molecule has 0 bridgehead atoms. The number of rotatable bonds is 5. The van der Waals surface area contributed by atoms with E-state index in [9.17, 15) is 24.8 Å². The van der Waals surface area contributed by atoms with Crippen LogP contribution in [0.25, 0.3) is 10.8 Å². The van der Waals surface area contributed by atoms with Crippen LogP contribution in [-0.4, -0.2) is 56.4 Å². The fourth-order valence-corrected chi connectivity index (χ4v) is 4.54. The van der Waals surface area contributed by atoms with Gasteiger partial charge in [-0.2, -0.15) is 0 Å². The van der Waals surface area contributed by atoms with Crippen LogP contribution in [0.2, 0.25) is 5.02 Å². The molecule has 0 aliphatic carbocycles. The van der Waals surface area contributed by atoms with Crippen molar-refractivity contribution >= 4 is 22.9 Å². The molecule has 0 unspecified atom stereocenters. The molecule has 1 aromatic carbocycles. The van der Waals surface area contributed by atoms with E-state index < -0.39 is 42.9 Å². The van der Waals surface area contributed by atoms with Crippen molar-refractivity contribution in [2.75, 3.05) is 6.61 Å². The molecule has 0 saturated carbocycles. The smallest absolute Gasteiger partial charge is 0.162 e. The predicted molar refractivity (Wildman–Crippen MR) is 107 cm³/mol. The molecule has 0 amide bonds. The Kier molecular flexibility index (Phi) is 6.21. The highest BCUT2D eigenvalue weighted by Gasteiger charge is 2.44. The van der Waals surface area contributed by atoms with E-state index in [0.717, 1.165) is 10.9 Å². The molecule has 3 heterocycles. The molecule has 1 aliphatic heterocycles. The van der Waals surface area contributed by atoms with Crippen molar-refractivity contribution in [2.45, 2.75) is 36.9 Å². The van der Waals surface area contributed by atoms with Crippen LogP contribution in [0.3, 0.4) is 0 Å². The van der Waals surface area contributed by atoms with Crippen LogP contribution in [0.15, 0.2) is 41.1 Å². The van der Waals surface area contributed by atoms with Crippen molar-refractivity contribution in [3.05, 3.63) is 63.6 Å². The minimum atomic E-state index is -1.60. The van der Waals surface area contributed by atoms with Gasteiger partial charge >= 0.3 is 0 Å².